The number of aliphatic hydroxyl groups excluding tert-OH is 1. The van der Waals surface area contributed by atoms with Crippen LogP contribution in [0.3, 0.4) is 0 Å². The smallest absolute Gasteiger partial charge is 0.216 e. The zero-order valence-electron chi connectivity index (χ0n) is 18.2. The molecule has 30 heavy (non-hydrogen) atoms. The summed E-state index contributed by atoms with van der Waals surface area (Å²) >= 11 is 0. The molecule has 1 aliphatic rings. The Balaban J connectivity index is 1.81. The molecule has 3 rings (SSSR count). The van der Waals surface area contributed by atoms with Crippen LogP contribution in [0.5, 0.6) is 0 Å². The Hall–Kier alpha value is -2.28. The minimum atomic E-state index is -1.46. The molecule has 0 saturated heterocycles. The first kappa shape index (κ1) is 22.4. The van der Waals surface area contributed by atoms with E-state index in [2.05, 4.69) is 4.99 Å². The van der Waals surface area contributed by atoms with Crippen LogP contribution >= 0.6 is 0 Å². The maximum absolute atomic E-state index is 13.1. The zero-order chi connectivity index (χ0) is 21.9. The largest absolute Gasteiger partial charge is 0.475 e. The van der Waals surface area contributed by atoms with E-state index in [1.807, 2.05) is 50.2 Å². The molecular weight excluding hydrogens is 383 g/mol. The van der Waals surface area contributed by atoms with Crippen LogP contribution in [0.2, 0.25) is 0 Å². The number of aliphatic imine (C=N–C) groups is 1. The van der Waals surface area contributed by atoms with Crippen molar-refractivity contribution in [1.82, 2.24) is 4.90 Å². The standard InChI is InChI=1S/C24H31FN2O3/c1-23(2)16-30-22(26-23)19-8-5-17(6-9-19)13-18-7-10-21(20(14-18)15-28)24(29,11-12-25)27(3)4/h5-10,14,28-29H,11-13,15-16H2,1-4H3. The van der Waals surface area contributed by atoms with Crippen LogP contribution in [0, 0.1) is 0 Å². The van der Waals surface area contributed by atoms with Crippen molar-refractivity contribution in [1.29, 1.82) is 0 Å². The highest BCUT2D eigenvalue weighted by Gasteiger charge is 2.33. The van der Waals surface area contributed by atoms with Crippen LogP contribution in [0.15, 0.2) is 47.5 Å². The van der Waals surface area contributed by atoms with Crippen molar-refractivity contribution >= 4 is 5.90 Å². The first-order valence-corrected chi connectivity index (χ1v) is 10.2. The van der Waals surface area contributed by atoms with Gasteiger partial charge in [0.2, 0.25) is 5.90 Å². The third-order valence-electron chi connectivity index (χ3n) is 5.53. The summed E-state index contributed by atoms with van der Waals surface area (Å²) < 4.78 is 18.8. The molecule has 5 nitrogen and oxygen atoms in total. The summed E-state index contributed by atoms with van der Waals surface area (Å²) in [5.41, 5.74) is 2.57. The molecular formula is C24H31FN2O3. The maximum Gasteiger partial charge on any atom is 0.216 e. The Labute approximate surface area is 177 Å². The highest BCUT2D eigenvalue weighted by atomic mass is 19.1. The number of aliphatic hydroxyl groups is 2. The number of hydrogen-bond donors (Lipinski definition) is 2. The van der Waals surface area contributed by atoms with Gasteiger partial charge in [0.1, 0.15) is 12.3 Å². The predicted octanol–water partition coefficient (Wildman–Crippen LogP) is 3.39. The molecule has 0 aliphatic carbocycles. The molecule has 1 aliphatic heterocycles. The SMILES string of the molecule is CN(C)C(O)(CCF)c1ccc(Cc2ccc(C3=NC(C)(C)CO3)cc2)cc1CO. The van der Waals surface area contributed by atoms with Gasteiger partial charge in [-0.1, -0.05) is 30.3 Å². The van der Waals surface area contributed by atoms with E-state index in [1.54, 1.807) is 25.1 Å². The highest BCUT2D eigenvalue weighted by molar-refractivity contribution is 5.95. The van der Waals surface area contributed by atoms with Gasteiger partial charge >= 0.3 is 0 Å². The lowest BCUT2D eigenvalue weighted by Crippen LogP contribution is -2.42. The first-order chi connectivity index (χ1) is 14.2. The fraction of sp³-hybridized carbons (Fsp3) is 0.458. The third kappa shape index (κ3) is 4.72. The second kappa shape index (κ2) is 8.84. The van der Waals surface area contributed by atoms with Gasteiger partial charge in [-0.3, -0.25) is 9.29 Å². The molecule has 0 radical (unpaired) electrons. The van der Waals surface area contributed by atoms with Crippen LogP contribution in [0.1, 0.15) is 48.1 Å². The maximum atomic E-state index is 13.1. The first-order valence-electron chi connectivity index (χ1n) is 10.2. The Kier molecular flexibility index (Phi) is 6.60. The number of nitrogens with zero attached hydrogens (tertiary/aromatic N) is 2. The van der Waals surface area contributed by atoms with Gasteiger partial charge in [0.25, 0.3) is 0 Å². The van der Waals surface area contributed by atoms with Crippen molar-refractivity contribution in [3.05, 3.63) is 70.3 Å². The molecule has 1 unspecified atom stereocenters. The van der Waals surface area contributed by atoms with Crippen molar-refractivity contribution in [2.45, 2.75) is 44.6 Å². The second-order valence-corrected chi connectivity index (χ2v) is 8.69. The number of halogens is 1. The summed E-state index contributed by atoms with van der Waals surface area (Å²) in [6, 6.07) is 13.7. The third-order valence-corrected chi connectivity index (χ3v) is 5.53. The molecule has 6 heteroatoms. The lowest BCUT2D eigenvalue weighted by molar-refractivity contribution is -0.100. The molecule has 0 saturated carbocycles. The fourth-order valence-electron chi connectivity index (χ4n) is 3.74. The van der Waals surface area contributed by atoms with Gasteiger partial charge in [-0.25, -0.2) is 4.99 Å². The molecule has 0 aromatic heterocycles. The number of ether oxygens (including phenoxy) is 1. The normalized spacial score (nSPS) is 17.5. The van der Waals surface area contributed by atoms with E-state index >= 15 is 0 Å². The molecule has 2 aromatic carbocycles. The molecule has 0 amide bonds. The lowest BCUT2D eigenvalue weighted by Gasteiger charge is -2.36. The number of rotatable bonds is 8. The molecule has 0 bridgehead atoms. The van der Waals surface area contributed by atoms with Gasteiger partial charge in [-0.15, -0.1) is 0 Å². The quantitative estimate of drug-likeness (QED) is 0.650. The Morgan fingerprint density at radius 2 is 1.80 bits per heavy atom. The lowest BCUT2D eigenvalue weighted by atomic mass is 9.91. The minimum Gasteiger partial charge on any atom is -0.475 e. The summed E-state index contributed by atoms with van der Waals surface area (Å²) in [6.07, 6.45) is 0.618. The topological polar surface area (TPSA) is 65.3 Å². The van der Waals surface area contributed by atoms with Gasteiger partial charge in [-0.05, 0) is 63.2 Å². The molecule has 2 aromatic rings. The van der Waals surface area contributed by atoms with Crippen LogP contribution in [0.25, 0.3) is 0 Å². The van der Waals surface area contributed by atoms with Crippen molar-refractivity contribution in [3.63, 3.8) is 0 Å². The average molecular weight is 415 g/mol. The van der Waals surface area contributed by atoms with E-state index in [0.29, 0.717) is 30.1 Å². The van der Waals surface area contributed by atoms with Crippen LogP contribution in [-0.4, -0.2) is 53.9 Å². The minimum absolute atomic E-state index is 0.0590. The van der Waals surface area contributed by atoms with Gasteiger partial charge in [-0.2, -0.15) is 0 Å². The number of benzene rings is 2. The Morgan fingerprint density at radius 1 is 1.13 bits per heavy atom. The van der Waals surface area contributed by atoms with Crippen LogP contribution in [-0.2, 0) is 23.5 Å². The monoisotopic (exact) mass is 414 g/mol. The van der Waals surface area contributed by atoms with E-state index in [4.69, 9.17) is 4.74 Å². The van der Waals surface area contributed by atoms with Gasteiger partial charge < -0.3 is 14.9 Å². The summed E-state index contributed by atoms with van der Waals surface area (Å²) in [6.45, 7) is 3.79. The van der Waals surface area contributed by atoms with E-state index in [0.717, 1.165) is 16.7 Å². The van der Waals surface area contributed by atoms with Crippen molar-refractivity contribution < 1.29 is 19.3 Å². The number of hydrogen-bond acceptors (Lipinski definition) is 5. The van der Waals surface area contributed by atoms with Crippen molar-refractivity contribution in [2.75, 3.05) is 27.4 Å². The van der Waals surface area contributed by atoms with Crippen LogP contribution in [0.4, 0.5) is 4.39 Å². The number of alkyl halides is 1. The summed E-state index contributed by atoms with van der Waals surface area (Å²) in [5.74, 6) is 0.675. The molecule has 0 spiro atoms. The van der Waals surface area contributed by atoms with Crippen molar-refractivity contribution in [2.24, 2.45) is 4.99 Å². The summed E-state index contributed by atoms with van der Waals surface area (Å²) in [7, 11) is 3.40. The van der Waals surface area contributed by atoms with Crippen LogP contribution < -0.4 is 0 Å². The van der Waals surface area contributed by atoms with Gasteiger partial charge in [0.15, 0.2) is 0 Å². The zero-order valence-corrected chi connectivity index (χ0v) is 18.2. The predicted molar refractivity (Wildman–Crippen MR) is 116 cm³/mol. The fourth-order valence-corrected chi connectivity index (χ4v) is 3.74. The summed E-state index contributed by atoms with van der Waals surface area (Å²) in [5, 5.41) is 20.8. The summed E-state index contributed by atoms with van der Waals surface area (Å²) in [4.78, 5) is 6.18. The van der Waals surface area contributed by atoms with Crippen molar-refractivity contribution in [3.8, 4) is 0 Å². The Bertz CT molecular complexity index is 909. The second-order valence-electron chi connectivity index (χ2n) is 8.69. The Morgan fingerprint density at radius 3 is 2.33 bits per heavy atom. The van der Waals surface area contributed by atoms with E-state index in [-0.39, 0.29) is 18.6 Å². The molecule has 0 fully saturated rings. The molecule has 1 heterocycles. The van der Waals surface area contributed by atoms with E-state index in [1.165, 1.54) is 0 Å². The molecule has 1 atom stereocenters. The molecule has 162 valence electrons. The highest BCUT2D eigenvalue weighted by Crippen LogP contribution is 2.31. The van der Waals surface area contributed by atoms with E-state index in [9.17, 15) is 14.6 Å². The van der Waals surface area contributed by atoms with E-state index < -0.39 is 12.4 Å². The van der Waals surface area contributed by atoms with Gasteiger partial charge in [0, 0.05) is 17.5 Å². The van der Waals surface area contributed by atoms with Gasteiger partial charge in [0.05, 0.1) is 18.8 Å². The average Bonchev–Trinajstić information content (AvgIpc) is 3.08. The molecule has 2 N–H and O–H groups in total.